The normalized spacial score (nSPS) is 22.2. The van der Waals surface area contributed by atoms with Gasteiger partial charge < -0.3 is 0 Å². The number of sulfonamides is 1. The summed E-state index contributed by atoms with van der Waals surface area (Å²) >= 11 is 3.38. The molecule has 2 rings (SSSR count). The molecule has 0 aliphatic carbocycles. The summed E-state index contributed by atoms with van der Waals surface area (Å²) < 4.78 is 27.6. The summed E-state index contributed by atoms with van der Waals surface area (Å²) in [6, 6.07) is 5.40. The summed E-state index contributed by atoms with van der Waals surface area (Å²) in [7, 11) is -3.37. The Labute approximate surface area is 124 Å². The smallest absolute Gasteiger partial charge is 0.207 e. The van der Waals surface area contributed by atoms with Gasteiger partial charge in [-0.05, 0) is 65.7 Å². The molecule has 1 heterocycles. The highest BCUT2D eigenvalue weighted by molar-refractivity contribution is 9.10. The fourth-order valence-corrected chi connectivity index (χ4v) is 5.08. The van der Waals surface area contributed by atoms with Crippen LogP contribution in [0.1, 0.15) is 31.7 Å². The molecule has 1 unspecified atom stereocenters. The molecule has 5 heteroatoms. The molecule has 0 saturated carbocycles. The van der Waals surface area contributed by atoms with E-state index in [1.165, 1.54) is 0 Å². The topological polar surface area (TPSA) is 37.4 Å². The lowest BCUT2D eigenvalue weighted by molar-refractivity contribution is 0.416. The second-order valence-corrected chi connectivity index (χ2v) is 8.13. The summed E-state index contributed by atoms with van der Waals surface area (Å²) in [5.41, 5.74) is 1.05. The largest absolute Gasteiger partial charge is 0.244 e. The van der Waals surface area contributed by atoms with E-state index >= 15 is 0 Å². The van der Waals surface area contributed by atoms with Crippen LogP contribution in [0.25, 0.3) is 0 Å². The highest BCUT2D eigenvalue weighted by atomic mass is 79.9. The highest BCUT2D eigenvalue weighted by Crippen LogP contribution is 2.28. The summed E-state index contributed by atoms with van der Waals surface area (Å²) in [4.78, 5) is 0.382. The number of rotatable bonds is 2. The van der Waals surface area contributed by atoms with Gasteiger partial charge >= 0.3 is 0 Å². The van der Waals surface area contributed by atoms with Crippen LogP contribution in [0.15, 0.2) is 27.6 Å². The summed E-state index contributed by atoms with van der Waals surface area (Å²) in [6.07, 6.45) is 3.01. The monoisotopic (exact) mass is 345 g/mol. The van der Waals surface area contributed by atoms with Crippen LogP contribution in [0.2, 0.25) is 0 Å². The lowest BCUT2D eigenvalue weighted by Crippen LogP contribution is -2.32. The van der Waals surface area contributed by atoms with Gasteiger partial charge in [-0.15, -0.1) is 0 Å². The van der Waals surface area contributed by atoms with Crippen molar-refractivity contribution in [2.45, 2.75) is 38.0 Å². The molecule has 0 amide bonds. The molecule has 1 aromatic carbocycles. The Morgan fingerprint density at radius 2 is 2.00 bits per heavy atom. The fraction of sp³-hybridized carbons (Fsp3) is 0.571. The van der Waals surface area contributed by atoms with Crippen LogP contribution >= 0.6 is 15.9 Å². The molecule has 1 atom stereocenters. The zero-order chi connectivity index (χ0) is 14.0. The number of aryl methyl sites for hydroxylation is 1. The minimum absolute atomic E-state index is 0.382. The highest BCUT2D eigenvalue weighted by Gasteiger charge is 2.28. The lowest BCUT2D eigenvalue weighted by Gasteiger charge is -2.21. The first-order valence-corrected chi connectivity index (χ1v) is 8.91. The summed E-state index contributed by atoms with van der Waals surface area (Å²) in [6.45, 7) is 5.41. The molecule has 3 nitrogen and oxygen atoms in total. The summed E-state index contributed by atoms with van der Waals surface area (Å²) in [5.74, 6) is 0.613. The Morgan fingerprint density at radius 1 is 1.26 bits per heavy atom. The van der Waals surface area contributed by atoms with Gasteiger partial charge in [0.05, 0.1) is 4.90 Å². The number of benzene rings is 1. The zero-order valence-electron chi connectivity index (χ0n) is 11.4. The minimum Gasteiger partial charge on any atom is -0.207 e. The van der Waals surface area contributed by atoms with Crippen molar-refractivity contribution in [3.8, 4) is 0 Å². The van der Waals surface area contributed by atoms with E-state index in [0.717, 1.165) is 24.8 Å². The van der Waals surface area contributed by atoms with E-state index in [-0.39, 0.29) is 0 Å². The van der Waals surface area contributed by atoms with Crippen molar-refractivity contribution in [1.29, 1.82) is 0 Å². The quantitative estimate of drug-likeness (QED) is 0.821. The van der Waals surface area contributed by atoms with Crippen LogP contribution in [0, 0.1) is 12.8 Å². The van der Waals surface area contributed by atoms with Gasteiger partial charge in [0.15, 0.2) is 0 Å². The van der Waals surface area contributed by atoms with Crippen LogP contribution < -0.4 is 0 Å². The standard InChI is InChI=1S/C14H20BrNO2S/c1-11-4-3-8-16(9-7-11)19(17,18)14-6-5-12(2)10-13(14)15/h5-6,10-11H,3-4,7-9H2,1-2H3. The number of halogens is 1. The van der Waals surface area contributed by atoms with Crippen molar-refractivity contribution in [3.05, 3.63) is 28.2 Å². The molecule has 1 aromatic rings. The average molecular weight is 346 g/mol. The average Bonchev–Trinajstić information content (AvgIpc) is 2.53. The maximum atomic E-state index is 12.7. The van der Waals surface area contributed by atoms with Gasteiger partial charge in [-0.25, -0.2) is 8.42 Å². The van der Waals surface area contributed by atoms with Crippen LogP contribution in [-0.2, 0) is 10.0 Å². The van der Waals surface area contributed by atoms with Gasteiger partial charge in [0.2, 0.25) is 10.0 Å². The predicted octanol–water partition coefficient (Wildman–Crippen LogP) is 3.57. The van der Waals surface area contributed by atoms with Crippen LogP contribution in [0.4, 0.5) is 0 Å². The molecule has 0 N–H and O–H groups in total. The number of hydrogen-bond acceptors (Lipinski definition) is 2. The Morgan fingerprint density at radius 3 is 2.68 bits per heavy atom. The second-order valence-electron chi connectivity index (χ2n) is 5.37. The van der Waals surface area contributed by atoms with Gasteiger partial charge in [-0.3, -0.25) is 0 Å². The van der Waals surface area contributed by atoms with Crippen molar-refractivity contribution in [2.75, 3.05) is 13.1 Å². The van der Waals surface area contributed by atoms with Crippen molar-refractivity contribution < 1.29 is 8.42 Å². The zero-order valence-corrected chi connectivity index (χ0v) is 13.8. The second kappa shape index (κ2) is 5.94. The van der Waals surface area contributed by atoms with Crippen molar-refractivity contribution in [2.24, 2.45) is 5.92 Å². The lowest BCUT2D eigenvalue weighted by atomic mass is 10.0. The van der Waals surface area contributed by atoms with E-state index in [0.29, 0.717) is 28.4 Å². The Hall–Kier alpha value is -0.390. The molecule has 0 spiro atoms. The fourth-order valence-electron chi connectivity index (χ4n) is 2.43. The first-order valence-electron chi connectivity index (χ1n) is 6.67. The molecule has 1 aliphatic heterocycles. The molecule has 0 radical (unpaired) electrons. The van der Waals surface area contributed by atoms with Gasteiger partial charge in [-0.1, -0.05) is 13.0 Å². The minimum atomic E-state index is -3.37. The van der Waals surface area contributed by atoms with E-state index < -0.39 is 10.0 Å². The number of nitrogens with zero attached hydrogens (tertiary/aromatic N) is 1. The van der Waals surface area contributed by atoms with Crippen molar-refractivity contribution in [1.82, 2.24) is 4.31 Å². The van der Waals surface area contributed by atoms with Gasteiger partial charge in [0.1, 0.15) is 0 Å². The Balaban J connectivity index is 2.31. The van der Waals surface area contributed by atoms with Crippen molar-refractivity contribution in [3.63, 3.8) is 0 Å². The molecule has 0 bridgehead atoms. The molecule has 1 fully saturated rings. The van der Waals surface area contributed by atoms with E-state index in [1.807, 2.05) is 19.1 Å². The van der Waals surface area contributed by atoms with Gasteiger partial charge in [0, 0.05) is 17.6 Å². The molecule has 1 saturated heterocycles. The molecule has 106 valence electrons. The molecule has 1 aliphatic rings. The summed E-state index contributed by atoms with van der Waals surface area (Å²) in [5, 5.41) is 0. The van der Waals surface area contributed by atoms with Crippen LogP contribution in [0.3, 0.4) is 0 Å². The van der Waals surface area contributed by atoms with Gasteiger partial charge in [-0.2, -0.15) is 4.31 Å². The maximum absolute atomic E-state index is 12.7. The first kappa shape index (κ1) is 15.0. The van der Waals surface area contributed by atoms with Crippen molar-refractivity contribution >= 4 is 26.0 Å². The maximum Gasteiger partial charge on any atom is 0.244 e. The molecule has 0 aromatic heterocycles. The molecule has 19 heavy (non-hydrogen) atoms. The predicted molar refractivity (Wildman–Crippen MR) is 80.7 cm³/mol. The third kappa shape index (κ3) is 3.38. The first-order chi connectivity index (χ1) is 8.91. The van der Waals surface area contributed by atoms with Crippen LogP contribution in [-0.4, -0.2) is 25.8 Å². The van der Waals surface area contributed by atoms with E-state index in [4.69, 9.17) is 0 Å². The molecular formula is C14H20BrNO2S. The Bertz CT molecular complexity index is 557. The Kier molecular flexibility index (Phi) is 4.69. The molecular weight excluding hydrogens is 326 g/mol. The van der Waals surface area contributed by atoms with Gasteiger partial charge in [0.25, 0.3) is 0 Å². The third-order valence-corrected chi connectivity index (χ3v) is 6.56. The number of hydrogen-bond donors (Lipinski definition) is 0. The van der Waals surface area contributed by atoms with Crippen LogP contribution in [0.5, 0.6) is 0 Å². The van der Waals surface area contributed by atoms with E-state index in [2.05, 4.69) is 22.9 Å². The van der Waals surface area contributed by atoms with E-state index in [9.17, 15) is 8.42 Å². The SMILES string of the molecule is Cc1ccc(S(=O)(=O)N2CCCC(C)CC2)c(Br)c1. The van der Waals surface area contributed by atoms with E-state index in [1.54, 1.807) is 10.4 Å². The third-order valence-electron chi connectivity index (χ3n) is 3.68.